The standard InChI is InChI=1S/C16H23NO2/c18-11-5-1-4-10-17-16(19)15-9-8-13-6-2-3-7-14(13)12-15/h2-3,6-7,15,18H,1,4-5,8-12H2,(H,17,19). The number of rotatable bonds is 6. The molecular weight excluding hydrogens is 238 g/mol. The van der Waals surface area contributed by atoms with Crippen molar-refractivity contribution in [1.29, 1.82) is 0 Å². The van der Waals surface area contributed by atoms with Gasteiger partial charge >= 0.3 is 0 Å². The topological polar surface area (TPSA) is 49.3 Å². The molecule has 1 aliphatic rings. The molecule has 2 rings (SSSR count). The molecule has 19 heavy (non-hydrogen) atoms. The molecule has 0 heterocycles. The van der Waals surface area contributed by atoms with Crippen LogP contribution in [0, 0.1) is 5.92 Å². The van der Waals surface area contributed by atoms with Gasteiger partial charge in [0.15, 0.2) is 0 Å². The minimum atomic E-state index is 0.132. The van der Waals surface area contributed by atoms with Crippen LogP contribution in [0.25, 0.3) is 0 Å². The maximum atomic E-state index is 12.1. The van der Waals surface area contributed by atoms with Crippen LogP contribution in [0.15, 0.2) is 24.3 Å². The summed E-state index contributed by atoms with van der Waals surface area (Å²) in [6.45, 7) is 0.977. The van der Waals surface area contributed by atoms with E-state index in [1.54, 1.807) is 0 Å². The first-order valence-electron chi connectivity index (χ1n) is 7.26. The number of benzene rings is 1. The van der Waals surface area contributed by atoms with Gasteiger partial charge in [-0.1, -0.05) is 24.3 Å². The van der Waals surface area contributed by atoms with Gasteiger partial charge in [0.05, 0.1) is 0 Å². The van der Waals surface area contributed by atoms with Gasteiger partial charge in [0, 0.05) is 19.1 Å². The molecule has 0 bridgehead atoms. The molecule has 1 aromatic carbocycles. The maximum absolute atomic E-state index is 12.1. The molecule has 1 aliphatic carbocycles. The van der Waals surface area contributed by atoms with E-state index < -0.39 is 0 Å². The van der Waals surface area contributed by atoms with Crippen molar-refractivity contribution in [3.63, 3.8) is 0 Å². The van der Waals surface area contributed by atoms with Crippen LogP contribution < -0.4 is 5.32 Å². The average molecular weight is 261 g/mol. The quantitative estimate of drug-likeness (QED) is 0.770. The van der Waals surface area contributed by atoms with Crippen LogP contribution in [0.1, 0.15) is 36.8 Å². The van der Waals surface area contributed by atoms with E-state index in [9.17, 15) is 4.79 Å². The van der Waals surface area contributed by atoms with Gasteiger partial charge in [-0.05, 0) is 49.7 Å². The lowest BCUT2D eigenvalue weighted by Gasteiger charge is -2.23. The van der Waals surface area contributed by atoms with Crippen molar-refractivity contribution in [2.75, 3.05) is 13.2 Å². The Morgan fingerprint density at radius 3 is 2.79 bits per heavy atom. The van der Waals surface area contributed by atoms with Crippen LogP contribution in [0.4, 0.5) is 0 Å². The fraction of sp³-hybridized carbons (Fsp3) is 0.562. The van der Waals surface area contributed by atoms with E-state index >= 15 is 0 Å². The molecule has 0 fully saturated rings. The van der Waals surface area contributed by atoms with E-state index in [0.717, 1.165) is 45.1 Å². The number of carbonyl (C=O) groups is 1. The molecule has 0 aromatic heterocycles. The van der Waals surface area contributed by atoms with E-state index in [4.69, 9.17) is 5.11 Å². The molecule has 0 radical (unpaired) electrons. The molecule has 1 atom stereocenters. The van der Waals surface area contributed by atoms with Crippen molar-refractivity contribution in [1.82, 2.24) is 5.32 Å². The van der Waals surface area contributed by atoms with E-state index in [-0.39, 0.29) is 18.4 Å². The highest BCUT2D eigenvalue weighted by Crippen LogP contribution is 2.25. The summed E-state index contributed by atoms with van der Waals surface area (Å²) in [7, 11) is 0. The molecule has 1 amide bonds. The van der Waals surface area contributed by atoms with E-state index in [2.05, 4.69) is 23.5 Å². The largest absolute Gasteiger partial charge is 0.396 e. The molecule has 3 nitrogen and oxygen atoms in total. The number of hydrogen-bond donors (Lipinski definition) is 2. The van der Waals surface area contributed by atoms with Crippen molar-refractivity contribution in [3.05, 3.63) is 35.4 Å². The fourth-order valence-corrected chi connectivity index (χ4v) is 2.69. The van der Waals surface area contributed by atoms with Crippen LogP contribution in [0.3, 0.4) is 0 Å². The number of amides is 1. The highest BCUT2D eigenvalue weighted by molar-refractivity contribution is 5.79. The summed E-state index contributed by atoms with van der Waals surface area (Å²) in [5.74, 6) is 0.325. The maximum Gasteiger partial charge on any atom is 0.223 e. The Hall–Kier alpha value is -1.35. The van der Waals surface area contributed by atoms with E-state index in [1.807, 2.05) is 6.07 Å². The number of fused-ring (bicyclic) bond motifs is 1. The van der Waals surface area contributed by atoms with Gasteiger partial charge in [0.25, 0.3) is 0 Å². The predicted molar refractivity (Wildman–Crippen MR) is 75.9 cm³/mol. The molecule has 0 saturated carbocycles. The summed E-state index contributed by atoms with van der Waals surface area (Å²) in [4.78, 5) is 12.1. The predicted octanol–water partition coefficient (Wildman–Crippen LogP) is 2.07. The summed E-state index contributed by atoms with van der Waals surface area (Å²) in [5.41, 5.74) is 2.73. The SMILES string of the molecule is O=C(NCCCCCO)C1CCc2ccccc2C1. The van der Waals surface area contributed by atoms with E-state index in [1.165, 1.54) is 11.1 Å². The smallest absolute Gasteiger partial charge is 0.223 e. The highest BCUT2D eigenvalue weighted by atomic mass is 16.2. The van der Waals surface area contributed by atoms with Crippen LogP contribution in [0.2, 0.25) is 0 Å². The summed E-state index contributed by atoms with van der Waals surface area (Å²) >= 11 is 0. The molecule has 1 unspecified atom stereocenters. The summed E-state index contributed by atoms with van der Waals surface area (Å²) in [6.07, 6.45) is 5.60. The average Bonchev–Trinajstić information content (AvgIpc) is 2.46. The first kappa shape index (κ1) is 14.1. The van der Waals surface area contributed by atoms with Crippen LogP contribution in [-0.2, 0) is 17.6 Å². The van der Waals surface area contributed by atoms with Gasteiger partial charge in [-0.2, -0.15) is 0 Å². The van der Waals surface area contributed by atoms with Gasteiger partial charge < -0.3 is 10.4 Å². The second kappa shape index (κ2) is 7.29. The summed E-state index contributed by atoms with van der Waals surface area (Å²) in [6, 6.07) is 8.42. The molecule has 1 aromatic rings. The van der Waals surface area contributed by atoms with Crippen molar-refractivity contribution in [2.45, 2.75) is 38.5 Å². The Morgan fingerprint density at radius 1 is 1.21 bits per heavy atom. The van der Waals surface area contributed by atoms with Gasteiger partial charge in [0.1, 0.15) is 0 Å². The van der Waals surface area contributed by atoms with Gasteiger partial charge in [0.2, 0.25) is 5.91 Å². The first-order chi connectivity index (χ1) is 9.31. The minimum absolute atomic E-state index is 0.132. The Bertz CT molecular complexity index is 417. The Morgan fingerprint density at radius 2 is 2.00 bits per heavy atom. The van der Waals surface area contributed by atoms with Crippen molar-refractivity contribution < 1.29 is 9.90 Å². The number of hydrogen-bond acceptors (Lipinski definition) is 2. The van der Waals surface area contributed by atoms with E-state index in [0.29, 0.717) is 0 Å². The summed E-state index contributed by atoms with van der Waals surface area (Å²) in [5, 5.41) is 11.7. The lowest BCUT2D eigenvalue weighted by atomic mass is 9.83. The number of nitrogens with one attached hydrogen (secondary N) is 1. The third kappa shape index (κ3) is 4.06. The monoisotopic (exact) mass is 261 g/mol. The number of aryl methyl sites for hydroxylation is 1. The molecule has 2 N–H and O–H groups in total. The molecule has 0 spiro atoms. The molecule has 104 valence electrons. The van der Waals surface area contributed by atoms with Crippen LogP contribution in [0.5, 0.6) is 0 Å². The van der Waals surface area contributed by atoms with Crippen molar-refractivity contribution in [3.8, 4) is 0 Å². The zero-order valence-electron chi connectivity index (χ0n) is 11.4. The lowest BCUT2D eigenvalue weighted by molar-refractivity contribution is -0.125. The summed E-state index contributed by atoms with van der Waals surface area (Å²) < 4.78 is 0. The first-order valence-corrected chi connectivity index (χ1v) is 7.26. The fourth-order valence-electron chi connectivity index (χ4n) is 2.69. The lowest BCUT2D eigenvalue weighted by Crippen LogP contribution is -2.34. The van der Waals surface area contributed by atoms with Crippen molar-refractivity contribution >= 4 is 5.91 Å². The van der Waals surface area contributed by atoms with Gasteiger partial charge in [-0.25, -0.2) is 0 Å². The minimum Gasteiger partial charge on any atom is -0.396 e. The highest BCUT2D eigenvalue weighted by Gasteiger charge is 2.23. The third-order valence-electron chi connectivity index (χ3n) is 3.85. The molecule has 0 saturated heterocycles. The third-order valence-corrected chi connectivity index (χ3v) is 3.85. The molecule has 0 aliphatic heterocycles. The number of unbranched alkanes of at least 4 members (excludes halogenated alkanes) is 2. The van der Waals surface area contributed by atoms with Gasteiger partial charge in [-0.3, -0.25) is 4.79 Å². The van der Waals surface area contributed by atoms with Crippen LogP contribution >= 0.6 is 0 Å². The molecular formula is C16H23NO2. The zero-order chi connectivity index (χ0) is 13.5. The van der Waals surface area contributed by atoms with Crippen LogP contribution in [-0.4, -0.2) is 24.2 Å². The second-order valence-electron chi connectivity index (χ2n) is 5.28. The Balaban J connectivity index is 1.76. The number of aliphatic hydroxyl groups excluding tert-OH is 1. The number of carbonyl (C=O) groups excluding carboxylic acids is 1. The van der Waals surface area contributed by atoms with Crippen molar-refractivity contribution in [2.24, 2.45) is 5.92 Å². The normalized spacial score (nSPS) is 17.8. The second-order valence-corrected chi connectivity index (χ2v) is 5.28. The Kier molecular flexibility index (Phi) is 5.40. The Labute approximate surface area is 115 Å². The number of aliphatic hydroxyl groups is 1. The zero-order valence-corrected chi connectivity index (χ0v) is 11.4. The van der Waals surface area contributed by atoms with Gasteiger partial charge in [-0.15, -0.1) is 0 Å². The molecule has 3 heteroatoms.